The van der Waals surface area contributed by atoms with Gasteiger partial charge in [0.25, 0.3) is 0 Å². The Balaban J connectivity index is 1.29. The molecule has 0 saturated carbocycles. The standard InChI is InChI=1S/C27H40N8O4/c1-26(2,3)16-7-9-17(10-8-16)33-25(38)29-12-27(4,5)13-34(6)11-18-20(36)21(37)24(39-18)35-15-32-19-22(28)30-14-31-23(19)35/h7-10,14-15,18,20-21,24,36-37H,11-13H2,1-6H3,(H2,28,30,31)(H2,29,33,38)/t18-,20-,21-,24?/m1/s1. The number of anilines is 2. The molecule has 1 aromatic carbocycles. The van der Waals surface area contributed by atoms with E-state index in [-0.39, 0.29) is 22.7 Å². The number of carbonyl (C=O) groups is 1. The van der Waals surface area contributed by atoms with E-state index in [2.05, 4.69) is 46.4 Å². The van der Waals surface area contributed by atoms with Gasteiger partial charge < -0.3 is 36.2 Å². The lowest BCUT2D eigenvalue weighted by atomic mass is 9.87. The van der Waals surface area contributed by atoms with E-state index in [1.54, 1.807) is 4.57 Å². The number of nitrogen functional groups attached to an aromatic ring is 1. The van der Waals surface area contributed by atoms with Gasteiger partial charge in [-0.2, -0.15) is 0 Å². The molecule has 6 N–H and O–H groups in total. The van der Waals surface area contributed by atoms with Crippen LogP contribution >= 0.6 is 0 Å². The zero-order chi connectivity index (χ0) is 28.5. The number of imidazole rings is 1. The summed E-state index contributed by atoms with van der Waals surface area (Å²) in [6.45, 7) is 12.0. The minimum absolute atomic E-state index is 0.0484. The molecule has 0 bridgehead atoms. The smallest absolute Gasteiger partial charge is 0.319 e. The van der Waals surface area contributed by atoms with Crippen LogP contribution < -0.4 is 16.4 Å². The van der Waals surface area contributed by atoms with Crippen molar-refractivity contribution in [3.8, 4) is 0 Å². The van der Waals surface area contributed by atoms with Crippen molar-refractivity contribution in [2.75, 3.05) is 37.7 Å². The van der Waals surface area contributed by atoms with Crippen molar-refractivity contribution in [1.82, 2.24) is 29.7 Å². The Morgan fingerprint density at radius 2 is 1.79 bits per heavy atom. The summed E-state index contributed by atoms with van der Waals surface area (Å²) in [5, 5.41) is 27.3. The highest BCUT2D eigenvalue weighted by atomic mass is 16.6. The lowest BCUT2D eigenvalue weighted by molar-refractivity contribution is -0.0441. The number of hydrogen-bond acceptors (Lipinski definition) is 9. The van der Waals surface area contributed by atoms with Gasteiger partial charge in [-0.1, -0.05) is 46.8 Å². The summed E-state index contributed by atoms with van der Waals surface area (Å²) >= 11 is 0. The van der Waals surface area contributed by atoms with Crippen LogP contribution in [-0.2, 0) is 10.2 Å². The first-order valence-corrected chi connectivity index (χ1v) is 13.0. The van der Waals surface area contributed by atoms with Gasteiger partial charge in [0.15, 0.2) is 17.7 Å². The molecule has 3 heterocycles. The second kappa shape index (κ2) is 11.0. The molecule has 1 aliphatic heterocycles. The number of urea groups is 1. The Morgan fingerprint density at radius 3 is 2.46 bits per heavy atom. The van der Waals surface area contributed by atoms with Crippen molar-refractivity contribution >= 4 is 28.7 Å². The van der Waals surface area contributed by atoms with Gasteiger partial charge in [0, 0.05) is 25.3 Å². The van der Waals surface area contributed by atoms with Crippen LogP contribution in [0.3, 0.4) is 0 Å². The van der Waals surface area contributed by atoms with Gasteiger partial charge in [-0.05, 0) is 35.6 Å². The van der Waals surface area contributed by atoms with E-state index in [9.17, 15) is 15.0 Å². The minimum atomic E-state index is -1.17. The van der Waals surface area contributed by atoms with Crippen LogP contribution in [0.25, 0.3) is 11.2 Å². The van der Waals surface area contributed by atoms with Crippen molar-refractivity contribution in [2.24, 2.45) is 5.41 Å². The molecule has 2 aromatic heterocycles. The van der Waals surface area contributed by atoms with Crippen molar-refractivity contribution in [1.29, 1.82) is 0 Å². The second-order valence-electron chi connectivity index (χ2n) is 12.1. The van der Waals surface area contributed by atoms with Crippen molar-refractivity contribution < 1.29 is 19.7 Å². The number of aliphatic hydroxyl groups excluding tert-OH is 2. The van der Waals surface area contributed by atoms with Gasteiger partial charge in [0.2, 0.25) is 0 Å². The first-order valence-electron chi connectivity index (χ1n) is 13.0. The first kappa shape index (κ1) is 28.7. The highest BCUT2D eigenvalue weighted by Crippen LogP contribution is 2.32. The molecule has 3 aromatic rings. The van der Waals surface area contributed by atoms with Crippen LogP contribution in [-0.4, -0.2) is 85.7 Å². The predicted molar refractivity (Wildman–Crippen MR) is 149 cm³/mol. The number of aliphatic hydroxyl groups is 2. The zero-order valence-corrected chi connectivity index (χ0v) is 23.4. The summed E-state index contributed by atoms with van der Waals surface area (Å²) in [7, 11) is 1.91. The molecule has 4 rings (SSSR count). The molecular weight excluding hydrogens is 500 g/mol. The Kier molecular flexibility index (Phi) is 8.12. The molecule has 1 unspecified atom stereocenters. The molecule has 0 aliphatic carbocycles. The third-order valence-corrected chi connectivity index (χ3v) is 6.92. The first-order chi connectivity index (χ1) is 18.2. The minimum Gasteiger partial charge on any atom is -0.387 e. The number of carbonyl (C=O) groups excluding carboxylic acids is 1. The van der Waals surface area contributed by atoms with Crippen molar-refractivity contribution in [3.05, 3.63) is 42.5 Å². The van der Waals surface area contributed by atoms with Gasteiger partial charge in [-0.3, -0.25) is 4.57 Å². The maximum Gasteiger partial charge on any atom is 0.319 e. The Hall–Kier alpha value is -3.32. The van der Waals surface area contributed by atoms with Crippen molar-refractivity contribution in [3.63, 3.8) is 0 Å². The van der Waals surface area contributed by atoms with E-state index in [1.165, 1.54) is 18.2 Å². The largest absolute Gasteiger partial charge is 0.387 e. The van der Waals surface area contributed by atoms with Gasteiger partial charge in [0.1, 0.15) is 30.2 Å². The van der Waals surface area contributed by atoms with Gasteiger partial charge in [0.05, 0.1) is 6.33 Å². The molecule has 1 saturated heterocycles. The van der Waals surface area contributed by atoms with Crippen molar-refractivity contribution in [2.45, 2.75) is 64.6 Å². The number of rotatable bonds is 8. The number of hydrogen-bond donors (Lipinski definition) is 5. The normalized spacial score (nSPS) is 22.0. The van der Waals surface area contributed by atoms with Gasteiger partial charge >= 0.3 is 6.03 Å². The number of amides is 2. The number of ether oxygens (including phenoxy) is 1. The summed E-state index contributed by atoms with van der Waals surface area (Å²) in [6.07, 6.45) is -0.999. The molecule has 12 heteroatoms. The van der Waals surface area contributed by atoms with Crippen LogP contribution in [0.4, 0.5) is 16.3 Å². The van der Waals surface area contributed by atoms with Crippen LogP contribution in [0.15, 0.2) is 36.9 Å². The van der Waals surface area contributed by atoms with E-state index < -0.39 is 24.5 Å². The Morgan fingerprint density at radius 1 is 1.10 bits per heavy atom. The van der Waals surface area contributed by atoms with E-state index in [0.29, 0.717) is 30.8 Å². The van der Waals surface area contributed by atoms with Gasteiger partial charge in [-0.25, -0.2) is 19.7 Å². The number of aromatic nitrogens is 4. The average Bonchev–Trinajstić information content (AvgIpc) is 3.40. The van der Waals surface area contributed by atoms with Gasteiger partial charge in [-0.15, -0.1) is 0 Å². The number of nitrogens with zero attached hydrogens (tertiary/aromatic N) is 5. The highest BCUT2D eigenvalue weighted by Gasteiger charge is 2.44. The second-order valence-corrected chi connectivity index (χ2v) is 12.1. The average molecular weight is 541 g/mol. The molecule has 1 aliphatic rings. The topological polar surface area (TPSA) is 164 Å². The molecule has 0 radical (unpaired) electrons. The van der Waals surface area contributed by atoms with E-state index in [1.807, 2.05) is 50.1 Å². The van der Waals surface area contributed by atoms with E-state index >= 15 is 0 Å². The summed E-state index contributed by atoms with van der Waals surface area (Å²) in [5.41, 5.74) is 8.39. The molecular formula is C27H40N8O4. The van der Waals surface area contributed by atoms with Crippen LogP contribution in [0.1, 0.15) is 46.4 Å². The zero-order valence-electron chi connectivity index (χ0n) is 23.4. The molecule has 212 valence electrons. The van der Waals surface area contributed by atoms with Crippen LogP contribution in [0, 0.1) is 5.41 Å². The third-order valence-electron chi connectivity index (χ3n) is 6.92. The molecule has 39 heavy (non-hydrogen) atoms. The maximum absolute atomic E-state index is 12.5. The number of nitrogens with one attached hydrogen (secondary N) is 2. The number of benzene rings is 1. The molecule has 2 amide bonds. The molecule has 4 atom stereocenters. The number of likely N-dealkylation sites (N-methyl/N-ethyl adjacent to an activating group) is 1. The fourth-order valence-corrected chi connectivity index (χ4v) is 4.87. The summed E-state index contributed by atoms with van der Waals surface area (Å²) < 4.78 is 7.62. The molecule has 1 fully saturated rings. The quantitative estimate of drug-likeness (QED) is 0.288. The summed E-state index contributed by atoms with van der Waals surface area (Å²) in [4.78, 5) is 26.9. The fourth-order valence-electron chi connectivity index (χ4n) is 4.87. The SMILES string of the molecule is CN(C[C@H]1OC(n2cnc3c(N)ncnc32)[C@H](O)[C@@H]1O)CC(C)(C)CNC(=O)Nc1ccc(C(C)(C)C)cc1. The van der Waals surface area contributed by atoms with E-state index in [0.717, 1.165) is 5.69 Å². The maximum atomic E-state index is 12.5. The Bertz CT molecular complexity index is 1290. The van der Waals surface area contributed by atoms with Crippen LogP contribution in [0.5, 0.6) is 0 Å². The Labute approximate surface area is 228 Å². The molecule has 0 spiro atoms. The lowest BCUT2D eigenvalue weighted by Gasteiger charge is -2.32. The third kappa shape index (κ3) is 6.64. The highest BCUT2D eigenvalue weighted by molar-refractivity contribution is 5.89. The summed E-state index contributed by atoms with van der Waals surface area (Å²) in [6, 6.07) is 7.58. The lowest BCUT2D eigenvalue weighted by Crippen LogP contribution is -2.45. The van der Waals surface area contributed by atoms with E-state index in [4.69, 9.17) is 10.5 Å². The van der Waals surface area contributed by atoms with Crippen LogP contribution in [0.2, 0.25) is 0 Å². The predicted octanol–water partition coefficient (Wildman–Crippen LogP) is 2.10. The fraction of sp³-hybridized carbons (Fsp3) is 0.556. The number of fused-ring (bicyclic) bond motifs is 1. The molecule has 12 nitrogen and oxygen atoms in total. The number of nitrogens with two attached hydrogens (primary N) is 1. The monoisotopic (exact) mass is 540 g/mol. The summed E-state index contributed by atoms with van der Waals surface area (Å²) in [5.74, 6) is 0.228.